The molecule has 1 heterocycles. The first-order valence-electron chi connectivity index (χ1n) is 8.06. The predicted octanol–water partition coefficient (Wildman–Crippen LogP) is 5.19. The summed E-state index contributed by atoms with van der Waals surface area (Å²) in [6.45, 7) is 0.716. The zero-order chi connectivity index (χ0) is 18.4. The fraction of sp³-hybridized carbons (Fsp3) is 0.158. The van der Waals surface area contributed by atoms with Gasteiger partial charge in [0.1, 0.15) is 11.6 Å². The number of benzene rings is 2. The van der Waals surface area contributed by atoms with Crippen LogP contribution < -0.4 is 15.4 Å². The first-order chi connectivity index (χ1) is 12.7. The summed E-state index contributed by atoms with van der Waals surface area (Å²) in [7, 11) is 1.66. The second-order valence-corrected chi connectivity index (χ2v) is 6.30. The van der Waals surface area contributed by atoms with Crippen LogP contribution in [0.4, 0.5) is 17.5 Å². The molecule has 0 spiro atoms. The van der Waals surface area contributed by atoms with Crippen molar-refractivity contribution in [1.82, 2.24) is 9.97 Å². The Morgan fingerprint density at radius 1 is 1.04 bits per heavy atom. The number of rotatable bonds is 7. The minimum absolute atomic E-state index is 0.460. The molecule has 2 aromatic carbocycles. The lowest BCUT2D eigenvalue weighted by molar-refractivity contribution is 0.414. The quantitative estimate of drug-likeness (QED) is 0.582. The summed E-state index contributed by atoms with van der Waals surface area (Å²) in [6.07, 6.45) is 2.54. The molecule has 5 nitrogen and oxygen atoms in total. The van der Waals surface area contributed by atoms with E-state index in [1.165, 1.54) is 5.56 Å². The predicted molar refractivity (Wildman–Crippen MR) is 107 cm³/mol. The number of halogens is 2. The van der Waals surface area contributed by atoms with Gasteiger partial charge in [-0.3, -0.25) is 0 Å². The molecule has 0 saturated heterocycles. The molecule has 1 aromatic heterocycles. The van der Waals surface area contributed by atoms with Crippen LogP contribution in [0.3, 0.4) is 0 Å². The summed E-state index contributed by atoms with van der Waals surface area (Å²) < 4.78 is 5.16. The van der Waals surface area contributed by atoms with Crippen molar-refractivity contribution in [3.63, 3.8) is 0 Å². The Morgan fingerprint density at radius 2 is 1.85 bits per heavy atom. The molecular formula is C19H18Cl2N4O. The molecule has 0 saturated carbocycles. The van der Waals surface area contributed by atoms with Gasteiger partial charge < -0.3 is 15.4 Å². The maximum atomic E-state index is 6.19. The minimum atomic E-state index is 0.460. The highest BCUT2D eigenvalue weighted by atomic mass is 35.5. The first kappa shape index (κ1) is 18.3. The van der Waals surface area contributed by atoms with Crippen molar-refractivity contribution in [3.8, 4) is 5.75 Å². The second kappa shape index (κ2) is 8.74. The number of hydrogen-bond acceptors (Lipinski definition) is 5. The average molecular weight is 389 g/mol. The number of ether oxygens (including phenoxy) is 1. The van der Waals surface area contributed by atoms with Crippen molar-refractivity contribution in [1.29, 1.82) is 0 Å². The third kappa shape index (κ3) is 4.77. The second-order valence-electron chi connectivity index (χ2n) is 5.52. The fourth-order valence-electron chi connectivity index (χ4n) is 2.36. The van der Waals surface area contributed by atoms with Crippen LogP contribution in [0.1, 0.15) is 5.56 Å². The average Bonchev–Trinajstić information content (AvgIpc) is 2.66. The smallest absolute Gasteiger partial charge is 0.224 e. The number of nitrogens with zero attached hydrogens (tertiary/aromatic N) is 2. The molecule has 2 N–H and O–H groups in total. The molecule has 3 rings (SSSR count). The summed E-state index contributed by atoms with van der Waals surface area (Å²) >= 11 is 12.2. The highest BCUT2D eigenvalue weighted by Gasteiger charge is 2.06. The van der Waals surface area contributed by atoms with E-state index in [9.17, 15) is 0 Å². The van der Waals surface area contributed by atoms with Crippen molar-refractivity contribution >= 4 is 40.7 Å². The lowest BCUT2D eigenvalue weighted by Gasteiger charge is -2.10. The van der Waals surface area contributed by atoms with Gasteiger partial charge in [0, 0.05) is 12.7 Å². The van der Waals surface area contributed by atoms with Crippen LogP contribution in [0, 0.1) is 0 Å². The van der Waals surface area contributed by atoms with Gasteiger partial charge in [0.2, 0.25) is 5.95 Å². The molecule has 134 valence electrons. The zero-order valence-corrected chi connectivity index (χ0v) is 15.7. The molecule has 0 aliphatic rings. The third-order valence-electron chi connectivity index (χ3n) is 3.73. The van der Waals surface area contributed by atoms with Crippen molar-refractivity contribution in [2.24, 2.45) is 0 Å². The van der Waals surface area contributed by atoms with E-state index >= 15 is 0 Å². The third-order valence-corrected chi connectivity index (χ3v) is 4.54. The molecular weight excluding hydrogens is 371 g/mol. The van der Waals surface area contributed by atoms with E-state index in [0.717, 1.165) is 12.2 Å². The summed E-state index contributed by atoms with van der Waals surface area (Å²) in [4.78, 5) is 8.68. The summed E-state index contributed by atoms with van der Waals surface area (Å²) in [5.74, 6) is 2.03. The fourth-order valence-corrected chi connectivity index (χ4v) is 2.71. The number of hydrogen-bond donors (Lipinski definition) is 2. The van der Waals surface area contributed by atoms with Gasteiger partial charge in [-0.25, -0.2) is 4.98 Å². The van der Waals surface area contributed by atoms with Crippen LogP contribution in [-0.4, -0.2) is 23.6 Å². The highest BCUT2D eigenvalue weighted by molar-refractivity contribution is 6.43. The van der Waals surface area contributed by atoms with E-state index in [1.807, 2.05) is 36.4 Å². The Kier molecular flexibility index (Phi) is 6.15. The molecule has 7 heteroatoms. The maximum absolute atomic E-state index is 6.19. The van der Waals surface area contributed by atoms with Gasteiger partial charge in [0.25, 0.3) is 0 Å². The van der Waals surface area contributed by atoms with Crippen molar-refractivity contribution in [2.45, 2.75) is 6.42 Å². The number of aromatic nitrogens is 2. The molecule has 0 fully saturated rings. The van der Waals surface area contributed by atoms with Gasteiger partial charge >= 0.3 is 0 Å². The Bertz CT molecular complexity index is 872. The van der Waals surface area contributed by atoms with Gasteiger partial charge in [-0.1, -0.05) is 41.4 Å². The molecule has 0 aliphatic carbocycles. The molecule has 0 aliphatic heterocycles. The molecule has 0 radical (unpaired) electrons. The van der Waals surface area contributed by atoms with E-state index in [0.29, 0.717) is 34.0 Å². The highest BCUT2D eigenvalue weighted by Crippen LogP contribution is 2.31. The van der Waals surface area contributed by atoms with Crippen molar-refractivity contribution in [2.75, 3.05) is 24.3 Å². The Labute approximate surface area is 162 Å². The first-order valence-corrected chi connectivity index (χ1v) is 8.82. The summed E-state index contributed by atoms with van der Waals surface area (Å²) in [5.41, 5.74) is 1.90. The van der Waals surface area contributed by atoms with Crippen LogP contribution in [-0.2, 0) is 6.42 Å². The topological polar surface area (TPSA) is 59.1 Å². The van der Waals surface area contributed by atoms with Gasteiger partial charge in [0.05, 0.1) is 22.8 Å². The van der Waals surface area contributed by atoms with Crippen molar-refractivity contribution < 1.29 is 4.74 Å². The van der Waals surface area contributed by atoms with E-state index in [4.69, 9.17) is 27.9 Å². The van der Waals surface area contributed by atoms with Gasteiger partial charge in [-0.05, 0) is 42.3 Å². The molecule has 0 bridgehead atoms. The Balaban J connectivity index is 1.59. The largest absolute Gasteiger partial charge is 0.497 e. The van der Waals surface area contributed by atoms with Gasteiger partial charge in [-0.15, -0.1) is 0 Å². The normalized spacial score (nSPS) is 10.4. The lowest BCUT2D eigenvalue weighted by Crippen LogP contribution is -2.08. The van der Waals surface area contributed by atoms with Crippen molar-refractivity contribution in [3.05, 3.63) is 70.3 Å². The van der Waals surface area contributed by atoms with Gasteiger partial charge in [0.15, 0.2) is 0 Å². The standard InChI is InChI=1S/C19H18Cl2N4O/c1-26-14-7-5-13(6-8-14)9-11-22-19-23-12-10-17(25-19)24-16-4-2-3-15(20)18(16)21/h2-8,10,12H,9,11H2,1H3,(H2,22,23,24,25). The zero-order valence-electron chi connectivity index (χ0n) is 14.2. The van der Waals surface area contributed by atoms with Crippen LogP contribution in [0.5, 0.6) is 5.75 Å². The molecule has 0 amide bonds. The number of anilines is 3. The Morgan fingerprint density at radius 3 is 2.62 bits per heavy atom. The van der Waals surface area contributed by atoms with E-state index in [1.54, 1.807) is 25.4 Å². The lowest BCUT2D eigenvalue weighted by atomic mass is 10.1. The number of methoxy groups -OCH3 is 1. The molecule has 26 heavy (non-hydrogen) atoms. The summed E-state index contributed by atoms with van der Waals surface area (Å²) in [5, 5.41) is 7.32. The minimum Gasteiger partial charge on any atom is -0.497 e. The van der Waals surface area contributed by atoms with E-state index in [-0.39, 0.29) is 0 Å². The monoisotopic (exact) mass is 388 g/mol. The Hall–Kier alpha value is -2.50. The van der Waals surface area contributed by atoms with Crippen LogP contribution in [0.25, 0.3) is 0 Å². The molecule has 3 aromatic rings. The molecule has 0 atom stereocenters. The van der Waals surface area contributed by atoms with E-state index in [2.05, 4.69) is 20.6 Å². The van der Waals surface area contributed by atoms with E-state index < -0.39 is 0 Å². The SMILES string of the molecule is COc1ccc(CCNc2nccc(Nc3cccc(Cl)c3Cl)n2)cc1. The summed E-state index contributed by atoms with van der Waals surface area (Å²) in [6, 6.07) is 15.2. The molecule has 0 unspecified atom stereocenters. The maximum Gasteiger partial charge on any atom is 0.224 e. The van der Waals surface area contributed by atoms with Crippen LogP contribution in [0.2, 0.25) is 10.0 Å². The van der Waals surface area contributed by atoms with Crippen LogP contribution >= 0.6 is 23.2 Å². The van der Waals surface area contributed by atoms with Crippen LogP contribution in [0.15, 0.2) is 54.7 Å². The van der Waals surface area contributed by atoms with Gasteiger partial charge in [-0.2, -0.15) is 4.98 Å². The number of nitrogens with one attached hydrogen (secondary N) is 2.